The summed E-state index contributed by atoms with van der Waals surface area (Å²) < 4.78 is 34.4. The van der Waals surface area contributed by atoms with Crippen molar-refractivity contribution in [2.45, 2.75) is 12.7 Å². The van der Waals surface area contributed by atoms with Crippen LogP contribution in [0.5, 0.6) is 5.75 Å². The molecule has 26 heavy (non-hydrogen) atoms. The van der Waals surface area contributed by atoms with Gasteiger partial charge in [0.1, 0.15) is 11.8 Å². The van der Waals surface area contributed by atoms with Crippen LogP contribution in [-0.2, 0) is 25.4 Å². The van der Waals surface area contributed by atoms with Crippen LogP contribution in [-0.4, -0.2) is 21.0 Å². The molecule has 0 amide bonds. The van der Waals surface area contributed by atoms with Gasteiger partial charge in [0, 0.05) is 6.08 Å². The van der Waals surface area contributed by atoms with Gasteiger partial charge in [0.25, 0.3) is 0 Å². The molecule has 134 valence electrons. The Morgan fingerprint density at radius 2 is 1.96 bits per heavy atom. The van der Waals surface area contributed by atoms with E-state index in [0.29, 0.717) is 11.1 Å². The average molecular weight is 371 g/mol. The normalized spacial score (nSPS) is 11.1. The summed E-state index contributed by atoms with van der Waals surface area (Å²) in [5.41, 5.74) is 1.29. The molecule has 0 radical (unpaired) electrons. The second kappa shape index (κ2) is 8.83. The Morgan fingerprint density at radius 1 is 1.19 bits per heavy atom. The van der Waals surface area contributed by atoms with E-state index in [2.05, 4.69) is 0 Å². The molecule has 0 spiro atoms. The maximum atomic E-state index is 12.3. The van der Waals surface area contributed by atoms with Gasteiger partial charge in [-0.15, -0.1) is 0 Å². The highest BCUT2D eigenvalue weighted by atomic mass is 32.2. The first-order valence-corrected chi connectivity index (χ1v) is 9.36. The molecule has 0 aliphatic heterocycles. The summed E-state index contributed by atoms with van der Waals surface area (Å²) in [6, 6.07) is 14.7. The molecule has 2 rings (SSSR count). The number of nitriles is 1. The van der Waals surface area contributed by atoms with Crippen molar-refractivity contribution in [1.29, 1.82) is 5.26 Å². The standard InChI is InChI=1S/C19H17NO5S/c1-2-24-19(21)11-10-15-6-5-7-16(12-15)14-26(22,23)25-18-9-4-3-8-17(18)13-20/h3-12H,2,14H2,1H3/b11-10+. The lowest BCUT2D eigenvalue weighted by Gasteiger charge is -2.08. The third-order valence-corrected chi connectivity index (χ3v) is 4.34. The van der Waals surface area contributed by atoms with E-state index in [1.54, 1.807) is 49.4 Å². The Morgan fingerprint density at radius 3 is 2.69 bits per heavy atom. The van der Waals surface area contributed by atoms with E-state index >= 15 is 0 Å². The predicted molar refractivity (Wildman–Crippen MR) is 96.5 cm³/mol. The van der Waals surface area contributed by atoms with Gasteiger partial charge in [0.2, 0.25) is 0 Å². The summed E-state index contributed by atoms with van der Waals surface area (Å²) in [4.78, 5) is 11.3. The highest BCUT2D eigenvalue weighted by Crippen LogP contribution is 2.20. The van der Waals surface area contributed by atoms with Gasteiger partial charge in [0.05, 0.1) is 12.2 Å². The van der Waals surface area contributed by atoms with E-state index < -0.39 is 16.1 Å². The lowest BCUT2D eigenvalue weighted by atomic mass is 10.1. The number of carbonyl (C=O) groups is 1. The number of ether oxygens (including phenoxy) is 1. The highest BCUT2D eigenvalue weighted by Gasteiger charge is 2.16. The Hall–Kier alpha value is -3.11. The quantitative estimate of drug-likeness (QED) is 0.422. The summed E-state index contributed by atoms with van der Waals surface area (Å²) in [6.45, 7) is 1.99. The molecule has 0 saturated heterocycles. The molecule has 0 atom stereocenters. The fourth-order valence-corrected chi connectivity index (χ4v) is 3.21. The van der Waals surface area contributed by atoms with Gasteiger partial charge in [-0.05, 0) is 36.3 Å². The zero-order valence-corrected chi connectivity index (χ0v) is 14.9. The molecule has 6 nitrogen and oxygen atoms in total. The summed E-state index contributed by atoms with van der Waals surface area (Å²) in [6.07, 6.45) is 2.82. The van der Waals surface area contributed by atoms with Crippen LogP contribution in [0.1, 0.15) is 23.6 Å². The van der Waals surface area contributed by atoms with Crippen molar-refractivity contribution < 1.29 is 22.1 Å². The number of benzene rings is 2. The molecule has 0 bridgehead atoms. The van der Waals surface area contributed by atoms with Crippen LogP contribution in [0.15, 0.2) is 54.6 Å². The third-order valence-electron chi connectivity index (χ3n) is 3.22. The van der Waals surface area contributed by atoms with Crippen molar-refractivity contribution in [2.24, 2.45) is 0 Å². The molecular formula is C19H17NO5S. The summed E-state index contributed by atoms with van der Waals surface area (Å²) in [5.74, 6) is -0.844. The largest absolute Gasteiger partial charge is 0.463 e. The third kappa shape index (κ3) is 5.76. The Bertz CT molecular complexity index is 958. The number of esters is 1. The smallest absolute Gasteiger partial charge is 0.330 e. The van der Waals surface area contributed by atoms with E-state index in [1.165, 1.54) is 18.2 Å². The minimum Gasteiger partial charge on any atom is -0.463 e. The van der Waals surface area contributed by atoms with Crippen molar-refractivity contribution in [3.05, 3.63) is 71.3 Å². The fourth-order valence-electron chi connectivity index (χ4n) is 2.14. The molecule has 0 heterocycles. The van der Waals surface area contributed by atoms with Gasteiger partial charge in [-0.2, -0.15) is 13.7 Å². The SMILES string of the molecule is CCOC(=O)/C=C/c1cccc(CS(=O)(=O)Oc2ccccc2C#N)c1. The maximum Gasteiger partial charge on any atom is 0.330 e. The molecule has 7 heteroatoms. The molecule has 0 aromatic heterocycles. The zero-order chi connectivity index (χ0) is 19.0. The molecule has 0 N–H and O–H groups in total. The molecule has 0 aliphatic rings. The van der Waals surface area contributed by atoms with Crippen LogP contribution in [0, 0.1) is 11.3 Å². The molecule has 0 saturated carbocycles. The predicted octanol–water partition coefficient (Wildman–Crippen LogP) is 3.04. The maximum absolute atomic E-state index is 12.3. The van der Waals surface area contributed by atoms with Crippen LogP contribution < -0.4 is 4.18 Å². The van der Waals surface area contributed by atoms with Crippen LogP contribution >= 0.6 is 0 Å². The van der Waals surface area contributed by atoms with Crippen LogP contribution in [0.4, 0.5) is 0 Å². The van der Waals surface area contributed by atoms with Crippen LogP contribution in [0.3, 0.4) is 0 Å². The van der Waals surface area contributed by atoms with Gasteiger partial charge < -0.3 is 8.92 Å². The lowest BCUT2D eigenvalue weighted by Crippen LogP contribution is -2.13. The van der Waals surface area contributed by atoms with E-state index in [1.807, 2.05) is 6.07 Å². The van der Waals surface area contributed by atoms with Crippen molar-refractivity contribution >= 4 is 22.2 Å². The monoisotopic (exact) mass is 371 g/mol. The first-order chi connectivity index (χ1) is 12.4. The van der Waals surface area contributed by atoms with Crippen molar-refractivity contribution in [2.75, 3.05) is 6.61 Å². The Balaban J connectivity index is 2.13. The minimum absolute atomic E-state index is 0.00615. The minimum atomic E-state index is -3.94. The van der Waals surface area contributed by atoms with Gasteiger partial charge in [-0.25, -0.2) is 4.79 Å². The topological polar surface area (TPSA) is 93.5 Å². The second-order valence-electron chi connectivity index (χ2n) is 5.22. The molecule has 0 aliphatic carbocycles. The zero-order valence-electron chi connectivity index (χ0n) is 14.1. The van der Waals surface area contributed by atoms with Gasteiger partial charge in [-0.3, -0.25) is 0 Å². The number of hydrogen-bond acceptors (Lipinski definition) is 6. The van der Waals surface area contributed by atoms with E-state index in [-0.39, 0.29) is 23.7 Å². The molecular weight excluding hydrogens is 354 g/mol. The molecule has 2 aromatic carbocycles. The second-order valence-corrected chi connectivity index (χ2v) is 6.79. The van der Waals surface area contributed by atoms with Crippen molar-refractivity contribution in [1.82, 2.24) is 0 Å². The first kappa shape index (κ1) is 19.2. The number of para-hydroxylation sites is 1. The number of nitrogens with zero attached hydrogens (tertiary/aromatic N) is 1. The number of hydrogen-bond donors (Lipinski definition) is 0. The fraction of sp³-hybridized carbons (Fsp3) is 0.158. The van der Waals surface area contributed by atoms with E-state index in [4.69, 9.17) is 14.2 Å². The average Bonchev–Trinajstić information content (AvgIpc) is 2.60. The first-order valence-electron chi connectivity index (χ1n) is 7.78. The molecule has 0 unspecified atom stereocenters. The summed E-state index contributed by atoms with van der Waals surface area (Å²) in [7, 11) is -3.94. The number of carbonyl (C=O) groups excluding carboxylic acids is 1. The highest BCUT2D eigenvalue weighted by molar-refractivity contribution is 7.86. The van der Waals surface area contributed by atoms with Crippen LogP contribution in [0.25, 0.3) is 6.08 Å². The summed E-state index contributed by atoms with van der Waals surface area (Å²) in [5, 5.41) is 9.01. The van der Waals surface area contributed by atoms with E-state index in [9.17, 15) is 13.2 Å². The number of rotatable bonds is 7. The van der Waals surface area contributed by atoms with Gasteiger partial charge in [-0.1, -0.05) is 36.4 Å². The van der Waals surface area contributed by atoms with Gasteiger partial charge in [0.15, 0.2) is 5.75 Å². The van der Waals surface area contributed by atoms with Crippen molar-refractivity contribution in [3.8, 4) is 11.8 Å². The van der Waals surface area contributed by atoms with E-state index in [0.717, 1.165) is 0 Å². The van der Waals surface area contributed by atoms with Gasteiger partial charge >= 0.3 is 16.1 Å². The van der Waals surface area contributed by atoms with Crippen molar-refractivity contribution in [3.63, 3.8) is 0 Å². The Labute approximate surface area is 152 Å². The molecule has 0 fully saturated rings. The Kier molecular flexibility index (Phi) is 6.53. The molecule has 2 aromatic rings. The lowest BCUT2D eigenvalue weighted by molar-refractivity contribution is -0.137. The van der Waals surface area contributed by atoms with Crippen LogP contribution in [0.2, 0.25) is 0 Å². The summed E-state index contributed by atoms with van der Waals surface area (Å²) >= 11 is 0.